The maximum atomic E-state index is 11.0. The first-order chi connectivity index (χ1) is 11.5. The fraction of sp³-hybridized carbons (Fsp3) is 0.667. The molecule has 1 aromatic rings. The van der Waals surface area contributed by atoms with E-state index in [2.05, 4.69) is 13.8 Å². The molecule has 4 atom stereocenters. The average molecular weight is 330 g/mol. The smallest absolute Gasteiger partial charge is 0.161 e. The molecule has 3 heteroatoms. The Morgan fingerprint density at radius 3 is 2.42 bits per heavy atom. The van der Waals surface area contributed by atoms with Gasteiger partial charge in [0, 0.05) is 11.0 Å². The highest BCUT2D eigenvalue weighted by Gasteiger charge is 2.44. The third-order valence-electron chi connectivity index (χ3n) is 5.69. The van der Waals surface area contributed by atoms with E-state index in [-0.39, 0.29) is 0 Å². The van der Waals surface area contributed by atoms with Crippen molar-refractivity contribution in [3.05, 3.63) is 23.8 Å². The zero-order valence-electron chi connectivity index (χ0n) is 15.2. The topological polar surface area (TPSA) is 35.5 Å². The van der Waals surface area contributed by atoms with Crippen molar-refractivity contribution in [2.75, 3.05) is 13.2 Å². The largest absolute Gasteiger partial charge is 0.490 e. The molecule has 0 saturated heterocycles. The van der Waals surface area contributed by atoms with Gasteiger partial charge in [0.1, 0.15) is 6.29 Å². The Bertz CT molecular complexity index is 561. The van der Waals surface area contributed by atoms with E-state index in [1.807, 2.05) is 13.0 Å². The van der Waals surface area contributed by atoms with Crippen molar-refractivity contribution in [2.45, 2.75) is 52.9 Å². The number of carbonyl (C=O) groups excluding carboxylic acids is 1. The maximum Gasteiger partial charge on any atom is 0.161 e. The number of aldehydes is 1. The lowest BCUT2D eigenvalue weighted by Crippen LogP contribution is -2.42. The second kappa shape index (κ2) is 7.16. The van der Waals surface area contributed by atoms with E-state index in [4.69, 9.17) is 9.47 Å². The molecule has 3 nitrogen and oxygen atoms in total. The lowest BCUT2D eigenvalue weighted by atomic mass is 9.57. The average Bonchev–Trinajstić information content (AvgIpc) is 2.52. The third-order valence-corrected chi connectivity index (χ3v) is 5.69. The number of benzene rings is 1. The molecule has 24 heavy (non-hydrogen) atoms. The van der Waals surface area contributed by atoms with Crippen molar-refractivity contribution < 1.29 is 14.3 Å². The van der Waals surface area contributed by atoms with Crippen LogP contribution in [0.4, 0.5) is 0 Å². The Labute approximate surface area is 145 Å². The Morgan fingerprint density at radius 1 is 1.08 bits per heavy atom. The Morgan fingerprint density at radius 2 is 1.79 bits per heavy atom. The molecular weight excluding hydrogens is 300 g/mol. The van der Waals surface area contributed by atoms with Gasteiger partial charge in [-0.25, -0.2) is 0 Å². The van der Waals surface area contributed by atoms with Gasteiger partial charge in [-0.2, -0.15) is 0 Å². The number of carbonyl (C=O) groups is 1. The Balaban J connectivity index is 1.75. The minimum absolute atomic E-state index is 0.312. The van der Waals surface area contributed by atoms with Crippen LogP contribution in [0.25, 0.3) is 0 Å². The highest BCUT2D eigenvalue weighted by molar-refractivity contribution is 5.76. The molecule has 0 heterocycles. The van der Waals surface area contributed by atoms with E-state index in [1.54, 1.807) is 12.1 Å². The molecule has 2 fully saturated rings. The van der Waals surface area contributed by atoms with E-state index >= 15 is 0 Å². The first-order valence-corrected chi connectivity index (χ1v) is 9.38. The predicted molar refractivity (Wildman–Crippen MR) is 95.8 cm³/mol. The molecule has 0 aliphatic heterocycles. The van der Waals surface area contributed by atoms with Gasteiger partial charge in [0.05, 0.1) is 13.2 Å². The van der Waals surface area contributed by atoms with Gasteiger partial charge >= 0.3 is 0 Å². The number of ether oxygens (including phenoxy) is 2. The molecule has 2 aliphatic carbocycles. The lowest BCUT2D eigenvalue weighted by molar-refractivity contribution is -0.0170. The summed E-state index contributed by atoms with van der Waals surface area (Å²) < 4.78 is 11.9. The molecule has 2 saturated carbocycles. The molecule has 132 valence electrons. The summed E-state index contributed by atoms with van der Waals surface area (Å²) in [5.41, 5.74) is 0.939. The molecule has 0 amide bonds. The van der Waals surface area contributed by atoms with Crippen LogP contribution in [-0.2, 0) is 0 Å². The Hall–Kier alpha value is -1.51. The minimum Gasteiger partial charge on any atom is -0.490 e. The minimum atomic E-state index is 0.312. The van der Waals surface area contributed by atoms with Gasteiger partial charge in [0.15, 0.2) is 11.5 Å². The van der Waals surface area contributed by atoms with Crippen molar-refractivity contribution >= 4 is 6.29 Å². The van der Waals surface area contributed by atoms with Crippen LogP contribution in [0.2, 0.25) is 0 Å². The highest BCUT2D eigenvalue weighted by Crippen LogP contribution is 2.53. The van der Waals surface area contributed by atoms with Crippen LogP contribution >= 0.6 is 0 Å². The molecule has 3 rings (SSSR count). The summed E-state index contributed by atoms with van der Waals surface area (Å²) in [5, 5.41) is 0. The summed E-state index contributed by atoms with van der Waals surface area (Å²) in [6, 6.07) is 5.46. The summed E-state index contributed by atoms with van der Waals surface area (Å²) in [4.78, 5) is 11.0. The number of fused-ring (bicyclic) bond motifs is 2. The Kier molecular flexibility index (Phi) is 5.17. The molecule has 1 aromatic carbocycles. The van der Waals surface area contributed by atoms with Gasteiger partial charge < -0.3 is 9.47 Å². The molecular formula is C21H30O3. The third kappa shape index (κ3) is 3.76. The van der Waals surface area contributed by atoms with E-state index in [0.717, 1.165) is 36.4 Å². The normalized spacial score (nSPS) is 32.2. The summed E-state index contributed by atoms with van der Waals surface area (Å²) in [7, 11) is 0. The van der Waals surface area contributed by atoms with Gasteiger partial charge in [-0.15, -0.1) is 0 Å². The SMILES string of the molecule is CCOc1cc(C=O)ccc1OCC12CC(C[C@@H](C)C1)C[C@H](C)C2. The van der Waals surface area contributed by atoms with Crippen LogP contribution in [0.15, 0.2) is 18.2 Å². The summed E-state index contributed by atoms with van der Waals surface area (Å²) in [5.74, 6) is 3.91. The van der Waals surface area contributed by atoms with Crippen molar-refractivity contribution in [3.8, 4) is 11.5 Å². The first kappa shape index (κ1) is 17.3. The highest BCUT2D eigenvalue weighted by atomic mass is 16.5. The van der Waals surface area contributed by atoms with E-state index in [1.165, 1.54) is 32.1 Å². The second-order valence-electron chi connectivity index (χ2n) is 8.21. The predicted octanol–water partition coefficient (Wildman–Crippen LogP) is 5.13. The van der Waals surface area contributed by atoms with Gasteiger partial charge in [0.25, 0.3) is 0 Å². The van der Waals surface area contributed by atoms with Gasteiger partial charge in [-0.3, -0.25) is 4.79 Å². The van der Waals surface area contributed by atoms with E-state index < -0.39 is 0 Å². The molecule has 2 aliphatic rings. The van der Waals surface area contributed by atoms with Crippen molar-refractivity contribution in [1.29, 1.82) is 0 Å². The fourth-order valence-corrected chi connectivity index (χ4v) is 5.30. The van der Waals surface area contributed by atoms with Crippen molar-refractivity contribution in [3.63, 3.8) is 0 Å². The monoisotopic (exact) mass is 330 g/mol. The number of hydrogen-bond donors (Lipinski definition) is 0. The van der Waals surface area contributed by atoms with E-state index in [9.17, 15) is 4.79 Å². The van der Waals surface area contributed by atoms with Crippen LogP contribution < -0.4 is 9.47 Å². The van der Waals surface area contributed by atoms with Crippen LogP contribution in [0.1, 0.15) is 63.2 Å². The van der Waals surface area contributed by atoms with E-state index in [0.29, 0.717) is 23.3 Å². The maximum absolute atomic E-state index is 11.0. The molecule has 0 spiro atoms. The summed E-state index contributed by atoms with van der Waals surface area (Å²) in [6.45, 7) is 8.06. The van der Waals surface area contributed by atoms with Crippen LogP contribution in [0.5, 0.6) is 11.5 Å². The standard InChI is InChI=1S/C21H30O3/c1-4-23-20-9-17(13-22)5-6-19(20)24-14-21-10-15(2)7-18(12-21)8-16(3)11-21/h5-6,9,13,15-16,18H,4,7-8,10-12,14H2,1-3H3/t15-,16+,18?,21?. The molecule has 2 bridgehead atoms. The zero-order chi connectivity index (χ0) is 17.2. The van der Waals surface area contributed by atoms with Crippen LogP contribution in [-0.4, -0.2) is 19.5 Å². The number of rotatable bonds is 6. The zero-order valence-corrected chi connectivity index (χ0v) is 15.2. The van der Waals surface area contributed by atoms with Gasteiger partial charge in [-0.05, 0) is 75.0 Å². The van der Waals surface area contributed by atoms with Crippen LogP contribution in [0, 0.1) is 23.2 Å². The van der Waals surface area contributed by atoms with Crippen molar-refractivity contribution in [1.82, 2.24) is 0 Å². The molecule has 2 unspecified atom stereocenters. The fourth-order valence-electron chi connectivity index (χ4n) is 5.30. The molecule has 0 radical (unpaired) electrons. The quantitative estimate of drug-likeness (QED) is 0.678. The second-order valence-corrected chi connectivity index (χ2v) is 8.21. The van der Waals surface area contributed by atoms with Crippen LogP contribution in [0.3, 0.4) is 0 Å². The summed E-state index contributed by atoms with van der Waals surface area (Å²) in [6.07, 6.45) is 7.45. The van der Waals surface area contributed by atoms with Crippen molar-refractivity contribution in [2.24, 2.45) is 23.2 Å². The van der Waals surface area contributed by atoms with Gasteiger partial charge in [-0.1, -0.05) is 13.8 Å². The summed E-state index contributed by atoms with van der Waals surface area (Å²) >= 11 is 0. The molecule has 0 aromatic heterocycles. The number of hydrogen-bond acceptors (Lipinski definition) is 3. The van der Waals surface area contributed by atoms with Gasteiger partial charge in [0.2, 0.25) is 0 Å². The molecule has 0 N–H and O–H groups in total. The first-order valence-electron chi connectivity index (χ1n) is 9.38. The lowest BCUT2D eigenvalue weighted by Gasteiger charge is -2.49.